The first kappa shape index (κ1) is 13.7. The summed E-state index contributed by atoms with van der Waals surface area (Å²) in [5.41, 5.74) is 2.75. The number of hydrazine groups is 1. The minimum atomic E-state index is 0.454. The van der Waals surface area contributed by atoms with Crippen molar-refractivity contribution in [3.8, 4) is 0 Å². The van der Waals surface area contributed by atoms with E-state index < -0.39 is 0 Å². The van der Waals surface area contributed by atoms with Crippen LogP contribution in [0.1, 0.15) is 64.7 Å². The van der Waals surface area contributed by atoms with Crippen molar-refractivity contribution in [2.75, 3.05) is 0 Å². The molecule has 0 bridgehead atoms. The van der Waals surface area contributed by atoms with Crippen molar-refractivity contribution in [1.82, 2.24) is 10.7 Å². The van der Waals surface area contributed by atoms with E-state index in [1.54, 1.807) is 0 Å². The molecule has 104 valence electrons. The van der Waals surface area contributed by atoms with E-state index >= 15 is 0 Å². The lowest BCUT2D eigenvalue weighted by molar-refractivity contribution is 0.498. The predicted molar refractivity (Wildman–Crippen MR) is 76.2 cm³/mol. The van der Waals surface area contributed by atoms with Crippen molar-refractivity contribution in [3.63, 3.8) is 0 Å². The number of nitrogens with zero attached hydrogens (tertiary/aromatic N) is 1. The van der Waals surface area contributed by atoms with Crippen molar-refractivity contribution in [2.45, 2.75) is 76.8 Å². The van der Waals surface area contributed by atoms with E-state index in [-0.39, 0.29) is 0 Å². The first-order valence-electron chi connectivity index (χ1n) is 7.59. The number of hydrogen-bond acceptors (Lipinski definition) is 2. The van der Waals surface area contributed by atoms with Crippen LogP contribution in [0, 0.1) is 5.92 Å². The van der Waals surface area contributed by atoms with Gasteiger partial charge >= 0.3 is 0 Å². The zero-order valence-corrected chi connectivity index (χ0v) is 11.6. The highest BCUT2D eigenvalue weighted by molar-refractivity contribution is 5.79. The Morgan fingerprint density at radius 3 is 2.50 bits per heavy atom. The fourth-order valence-electron chi connectivity index (χ4n) is 3.16. The van der Waals surface area contributed by atoms with Crippen LogP contribution in [-0.2, 0) is 0 Å². The van der Waals surface area contributed by atoms with Gasteiger partial charge in [0.1, 0.15) is 0 Å². The highest BCUT2D eigenvalue weighted by Gasteiger charge is 2.18. The molecule has 4 N–H and O–H groups in total. The molecule has 18 heavy (non-hydrogen) atoms. The SMILES string of the molecule is CC1CCCC(N=C(NN)NC2CCCC2)CC1. The van der Waals surface area contributed by atoms with E-state index in [2.05, 4.69) is 17.7 Å². The lowest BCUT2D eigenvalue weighted by atomic mass is 10.0. The van der Waals surface area contributed by atoms with Gasteiger partial charge in [0.2, 0.25) is 5.96 Å². The standard InChI is InChI=1S/C14H28N4/c1-11-5-4-8-13(10-9-11)17-14(18-15)16-12-6-2-3-7-12/h11-13H,2-10,15H2,1H3,(H2,16,17,18). The number of hydrogen-bond donors (Lipinski definition) is 3. The maximum Gasteiger partial charge on any atom is 0.206 e. The Labute approximate surface area is 111 Å². The van der Waals surface area contributed by atoms with E-state index in [1.165, 1.54) is 57.8 Å². The summed E-state index contributed by atoms with van der Waals surface area (Å²) in [6.07, 6.45) is 11.5. The normalized spacial score (nSPS) is 31.1. The Bertz CT molecular complexity index is 271. The van der Waals surface area contributed by atoms with Crippen molar-refractivity contribution >= 4 is 5.96 Å². The topological polar surface area (TPSA) is 62.4 Å². The molecule has 4 heteroatoms. The van der Waals surface area contributed by atoms with Gasteiger partial charge in [0.15, 0.2) is 0 Å². The predicted octanol–water partition coefficient (Wildman–Crippen LogP) is 2.31. The molecule has 0 spiro atoms. The van der Waals surface area contributed by atoms with Crippen LogP contribution in [0.25, 0.3) is 0 Å². The fraction of sp³-hybridized carbons (Fsp3) is 0.929. The Morgan fingerprint density at radius 1 is 1.00 bits per heavy atom. The van der Waals surface area contributed by atoms with Gasteiger partial charge in [-0.3, -0.25) is 5.43 Å². The van der Waals surface area contributed by atoms with Gasteiger partial charge < -0.3 is 5.32 Å². The first-order chi connectivity index (χ1) is 8.78. The molecule has 0 aromatic rings. The average molecular weight is 252 g/mol. The smallest absolute Gasteiger partial charge is 0.206 e. The zero-order chi connectivity index (χ0) is 12.8. The van der Waals surface area contributed by atoms with E-state index in [1.807, 2.05) is 0 Å². The maximum atomic E-state index is 5.59. The van der Waals surface area contributed by atoms with Crippen molar-refractivity contribution < 1.29 is 0 Å². The van der Waals surface area contributed by atoms with Crippen LogP contribution in [0.5, 0.6) is 0 Å². The summed E-state index contributed by atoms with van der Waals surface area (Å²) < 4.78 is 0. The highest BCUT2D eigenvalue weighted by atomic mass is 15.3. The van der Waals surface area contributed by atoms with E-state index in [4.69, 9.17) is 10.8 Å². The molecule has 4 nitrogen and oxygen atoms in total. The molecule has 0 heterocycles. The fourth-order valence-corrected chi connectivity index (χ4v) is 3.16. The Balaban J connectivity index is 1.86. The number of nitrogens with one attached hydrogen (secondary N) is 2. The summed E-state index contributed by atoms with van der Waals surface area (Å²) in [5.74, 6) is 7.26. The van der Waals surface area contributed by atoms with E-state index in [0.717, 1.165) is 11.9 Å². The van der Waals surface area contributed by atoms with Gasteiger partial charge in [-0.05, 0) is 38.0 Å². The lowest BCUT2D eigenvalue weighted by Gasteiger charge is -2.18. The number of aliphatic imine (C=N–C) groups is 1. The Hall–Kier alpha value is -0.770. The second-order valence-corrected chi connectivity index (χ2v) is 6.02. The molecule has 2 rings (SSSR count). The average Bonchev–Trinajstić information content (AvgIpc) is 2.79. The van der Waals surface area contributed by atoms with Crippen LogP contribution >= 0.6 is 0 Å². The third-order valence-corrected chi connectivity index (χ3v) is 4.37. The van der Waals surface area contributed by atoms with Gasteiger partial charge in [-0.2, -0.15) is 0 Å². The van der Waals surface area contributed by atoms with Crippen LogP contribution in [-0.4, -0.2) is 18.0 Å². The van der Waals surface area contributed by atoms with E-state index in [0.29, 0.717) is 12.1 Å². The minimum absolute atomic E-state index is 0.454. The largest absolute Gasteiger partial charge is 0.353 e. The monoisotopic (exact) mass is 252 g/mol. The number of nitrogens with two attached hydrogens (primary N) is 1. The van der Waals surface area contributed by atoms with Gasteiger partial charge in [-0.1, -0.05) is 32.6 Å². The van der Waals surface area contributed by atoms with Crippen LogP contribution < -0.4 is 16.6 Å². The number of guanidine groups is 1. The Morgan fingerprint density at radius 2 is 1.78 bits per heavy atom. The van der Waals surface area contributed by atoms with Crippen molar-refractivity contribution in [2.24, 2.45) is 16.8 Å². The van der Waals surface area contributed by atoms with Gasteiger partial charge in [0.25, 0.3) is 0 Å². The Kier molecular flexibility index (Phi) is 5.29. The molecule has 2 aliphatic carbocycles. The van der Waals surface area contributed by atoms with Gasteiger partial charge in [0, 0.05) is 6.04 Å². The molecule has 0 radical (unpaired) electrons. The summed E-state index contributed by atoms with van der Waals surface area (Å²) in [4.78, 5) is 4.78. The second kappa shape index (κ2) is 6.98. The molecule has 2 atom stereocenters. The lowest BCUT2D eigenvalue weighted by Crippen LogP contribution is -2.46. The molecule has 0 aromatic carbocycles. The van der Waals surface area contributed by atoms with Gasteiger partial charge in [-0.15, -0.1) is 0 Å². The molecule has 2 fully saturated rings. The molecule has 2 aliphatic rings. The summed E-state index contributed by atoms with van der Waals surface area (Å²) >= 11 is 0. The highest BCUT2D eigenvalue weighted by Crippen LogP contribution is 2.24. The minimum Gasteiger partial charge on any atom is -0.353 e. The summed E-state index contributed by atoms with van der Waals surface area (Å²) in [5, 5.41) is 3.46. The van der Waals surface area contributed by atoms with Crippen molar-refractivity contribution in [3.05, 3.63) is 0 Å². The third-order valence-electron chi connectivity index (χ3n) is 4.37. The van der Waals surface area contributed by atoms with E-state index in [9.17, 15) is 0 Å². The maximum absolute atomic E-state index is 5.59. The molecule has 0 aliphatic heterocycles. The molecule has 0 saturated heterocycles. The van der Waals surface area contributed by atoms with Crippen LogP contribution in [0.3, 0.4) is 0 Å². The van der Waals surface area contributed by atoms with Crippen LogP contribution in [0.2, 0.25) is 0 Å². The number of rotatable bonds is 2. The van der Waals surface area contributed by atoms with Crippen molar-refractivity contribution in [1.29, 1.82) is 0 Å². The molecule has 2 unspecified atom stereocenters. The zero-order valence-electron chi connectivity index (χ0n) is 11.6. The van der Waals surface area contributed by atoms with Crippen LogP contribution in [0.4, 0.5) is 0 Å². The molecule has 0 aromatic heterocycles. The van der Waals surface area contributed by atoms with Crippen LogP contribution in [0.15, 0.2) is 4.99 Å². The van der Waals surface area contributed by atoms with Gasteiger partial charge in [-0.25, -0.2) is 10.8 Å². The first-order valence-corrected chi connectivity index (χ1v) is 7.59. The second-order valence-electron chi connectivity index (χ2n) is 6.02. The summed E-state index contributed by atoms with van der Waals surface area (Å²) in [6, 6.07) is 1.03. The summed E-state index contributed by atoms with van der Waals surface area (Å²) in [7, 11) is 0. The third kappa shape index (κ3) is 4.16. The molecule has 2 saturated carbocycles. The summed E-state index contributed by atoms with van der Waals surface area (Å²) in [6.45, 7) is 2.35. The molecular formula is C14H28N4. The molecule has 0 amide bonds. The molecular weight excluding hydrogens is 224 g/mol. The van der Waals surface area contributed by atoms with Gasteiger partial charge in [0.05, 0.1) is 6.04 Å². The quantitative estimate of drug-likeness (QED) is 0.232.